The van der Waals surface area contributed by atoms with Crippen molar-refractivity contribution in [1.82, 2.24) is 4.90 Å². The molecule has 0 amide bonds. The SMILES string of the molecule is CC.CC.CN1CCC(C(F)(F)F)C1. The van der Waals surface area contributed by atoms with Crippen LogP contribution in [-0.4, -0.2) is 31.2 Å². The lowest BCUT2D eigenvalue weighted by Gasteiger charge is -2.13. The molecule has 1 aliphatic rings. The molecule has 14 heavy (non-hydrogen) atoms. The third kappa shape index (κ3) is 6.24. The summed E-state index contributed by atoms with van der Waals surface area (Å²) >= 11 is 0. The van der Waals surface area contributed by atoms with Crippen molar-refractivity contribution in [2.75, 3.05) is 20.1 Å². The second-order valence-corrected chi connectivity index (χ2v) is 2.79. The number of rotatable bonds is 0. The highest BCUT2D eigenvalue weighted by Crippen LogP contribution is 2.32. The number of hydrogen-bond acceptors (Lipinski definition) is 1. The molecule has 88 valence electrons. The summed E-state index contributed by atoms with van der Waals surface area (Å²) in [6.07, 6.45) is -3.72. The van der Waals surface area contributed by atoms with Crippen molar-refractivity contribution >= 4 is 0 Å². The van der Waals surface area contributed by atoms with Gasteiger partial charge in [0.25, 0.3) is 0 Å². The summed E-state index contributed by atoms with van der Waals surface area (Å²) in [7, 11) is 1.71. The van der Waals surface area contributed by atoms with Crippen molar-refractivity contribution in [1.29, 1.82) is 0 Å². The fourth-order valence-corrected chi connectivity index (χ4v) is 1.20. The summed E-state index contributed by atoms with van der Waals surface area (Å²) in [5.41, 5.74) is 0. The van der Waals surface area contributed by atoms with Crippen LogP contribution in [0.5, 0.6) is 0 Å². The summed E-state index contributed by atoms with van der Waals surface area (Å²) in [6, 6.07) is 0. The number of alkyl halides is 3. The second-order valence-electron chi connectivity index (χ2n) is 2.79. The van der Waals surface area contributed by atoms with Crippen LogP contribution in [0.3, 0.4) is 0 Å². The molecule has 0 spiro atoms. The fraction of sp³-hybridized carbons (Fsp3) is 1.00. The molecule has 1 aliphatic heterocycles. The summed E-state index contributed by atoms with van der Waals surface area (Å²) < 4.78 is 35.7. The lowest BCUT2D eigenvalue weighted by atomic mass is 10.1. The van der Waals surface area contributed by atoms with Gasteiger partial charge in [0.05, 0.1) is 5.92 Å². The van der Waals surface area contributed by atoms with Gasteiger partial charge in [-0.3, -0.25) is 0 Å². The molecule has 0 aromatic heterocycles. The molecule has 0 saturated carbocycles. The highest BCUT2D eigenvalue weighted by Gasteiger charge is 2.42. The maximum absolute atomic E-state index is 11.9. The van der Waals surface area contributed by atoms with Gasteiger partial charge in [-0.05, 0) is 20.0 Å². The number of halogens is 3. The van der Waals surface area contributed by atoms with E-state index in [0.717, 1.165) is 0 Å². The minimum absolute atomic E-state index is 0.170. The molecule has 1 heterocycles. The molecule has 1 rings (SSSR count). The van der Waals surface area contributed by atoms with Gasteiger partial charge >= 0.3 is 6.18 Å². The molecule has 4 heteroatoms. The lowest BCUT2D eigenvalue weighted by Crippen LogP contribution is -2.25. The van der Waals surface area contributed by atoms with Crippen molar-refractivity contribution in [2.45, 2.75) is 40.3 Å². The fourth-order valence-electron chi connectivity index (χ4n) is 1.20. The van der Waals surface area contributed by atoms with E-state index in [1.165, 1.54) is 0 Å². The molecule has 0 aromatic carbocycles. The van der Waals surface area contributed by atoms with E-state index in [4.69, 9.17) is 0 Å². The zero-order valence-electron chi connectivity index (χ0n) is 9.78. The van der Waals surface area contributed by atoms with Crippen molar-refractivity contribution in [3.63, 3.8) is 0 Å². The van der Waals surface area contributed by atoms with Gasteiger partial charge in [-0.15, -0.1) is 0 Å². The third-order valence-corrected chi connectivity index (χ3v) is 1.85. The Morgan fingerprint density at radius 1 is 1.07 bits per heavy atom. The zero-order chi connectivity index (χ0) is 11.8. The number of likely N-dealkylation sites (tertiary alicyclic amines) is 1. The Morgan fingerprint density at radius 3 is 1.64 bits per heavy atom. The Morgan fingerprint density at radius 2 is 1.50 bits per heavy atom. The van der Waals surface area contributed by atoms with E-state index in [0.29, 0.717) is 6.54 Å². The number of hydrogen-bond donors (Lipinski definition) is 0. The van der Waals surface area contributed by atoms with Gasteiger partial charge in [-0.25, -0.2) is 0 Å². The van der Waals surface area contributed by atoms with Crippen LogP contribution in [0.1, 0.15) is 34.1 Å². The normalized spacial score (nSPS) is 21.9. The maximum atomic E-state index is 11.9. The van der Waals surface area contributed by atoms with E-state index >= 15 is 0 Å². The second kappa shape index (κ2) is 8.09. The first kappa shape index (κ1) is 16.2. The smallest absolute Gasteiger partial charge is 0.306 e. The molecule has 0 radical (unpaired) electrons. The van der Waals surface area contributed by atoms with Crippen molar-refractivity contribution in [3.8, 4) is 0 Å². The summed E-state index contributed by atoms with van der Waals surface area (Å²) in [5, 5.41) is 0. The van der Waals surface area contributed by atoms with Crippen LogP contribution in [0.4, 0.5) is 13.2 Å². The minimum atomic E-state index is -3.98. The highest BCUT2D eigenvalue weighted by atomic mass is 19.4. The quantitative estimate of drug-likeness (QED) is 0.594. The molecule has 0 bridgehead atoms. The van der Waals surface area contributed by atoms with Gasteiger partial charge in [0.15, 0.2) is 0 Å². The monoisotopic (exact) mass is 213 g/mol. The van der Waals surface area contributed by atoms with Gasteiger partial charge in [-0.1, -0.05) is 27.7 Å². The Balaban J connectivity index is 0. The van der Waals surface area contributed by atoms with Crippen LogP contribution >= 0.6 is 0 Å². The predicted octanol–water partition coefficient (Wildman–Crippen LogP) is 3.55. The van der Waals surface area contributed by atoms with Crippen LogP contribution in [0.25, 0.3) is 0 Å². The van der Waals surface area contributed by atoms with Gasteiger partial charge in [0, 0.05) is 6.54 Å². The van der Waals surface area contributed by atoms with Crippen LogP contribution in [0, 0.1) is 5.92 Å². The lowest BCUT2D eigenvalue weighted by molar-refractivity contribution is -0.170. The topological polar surface area (TPSA) is 3.24 Å². The minimum Gasteiger partial charge on any atom is -0.306 e. The zero-order valence-corrected chi connectivity index (χ0v) is 9.78. The molecule has 0 aliphatic carbocycles. The average Bonchev–Trinajstić information content (AvgIpc) is 2.58. The Kier molecular flexibility index (Phi) is 9.36. The van der Waals surface area contributed by atoms with E-state index in [1.807, 2.05) is 27.7 Å². The summed E-state index contributed by atoms with van der Waals surface area (Å²) in [6.45, 7) is 8.74. The van der Waals surface area contributed by atoms with Crippen LogP contribution in [-0.2, 0) is 0 Å². The molecular formula is C10H22F3N. The predicted molar refractivity (Wildman–Crippen MR) is 54.4 cm³/mol. The van der Waals surface area contributed by atoms with E-state index in [1.54, 1.807) is 11.9 Å². The van der Waals surface area contributed by atoms with E-state index in [9.17, 15) is 13.2 Å². The van der Waals surface area contributed by atoms with Gasteiger partial charge in [0.2, 0.25) is 0 Å². The van der Waals surface area contributed by atoms with Gasteiger partial charge < -0.3 is 4.90 Å². The van der Waals surface area contributed by atoms with Crippen LogP contribution in [0.15, 0.2) is 0 Å². The van der Waals surface area contributed by atoms with E-state index < -0.39 is 12.1 Å². The Bertz CT molecular complexity index is 123. The average molecular weight is 213 g/mol. The van der Waals surface area contributed by atoms with Crippen molar-refractivity contribution < 1.29 is 13.2 Å². The molecule has 1 unspecified atom stereocenters. The number of nitrogens with zero attached hydrogens (tertiary/aromatic N) is 1. The van der Waals surface area contributed by atoms with Gasteiger partial charge in [-0.2, -0.15) is 13.2 Å². The summed E-state index contributed by atoms with van der Waals surface area (Å²) in [4.78, 5) is 1.71. The van der Waals surface area contributed by atoms with Crippen LogP contribution in [0.2, 0.25) is 0 Å². The van der Waals surface area contributed by atoms with Crippen molar-refractivity contribution in [3.05, 3.63) is 0 Å². The van der Waals surface area contributed by atoms with E-state index in [-0.39, 0.29) is 13.0 Å². The Labute approximate surface area is 85.3 Å². The largest absolute Gasteiger partial charge is 0.393 e. The van der Waals surface area contributed by atoms with E-state index in [2.05, 4.69) is 0 Å². The highest BCUT2D eigenvalue weighted by molar-refractivity contribution is 4.78. The molecular weight excluding hydrogens is 191 g/mol. The molecule has 0 N–H and O–H groups in total. The molecule has 1 saturated heterocycles. The first-order valence-electron chi connectivity index (χ1n) is 5.25. The summed E-state index contributed by atoms with van der Waals surface area (Å²) in [5.74, 6) is -1.09. The molecule has 1 nitrogen and oxygen atoms in total. The third-order valence-electron chi connectivity index (χ3n) is 1.85. The van der Waals surface area contributed by atoms with Crippen LogP contribution < -0.4 is 0 Å². The van der Waals surface area contributed by atoms with Gasteiger partial charge in [0.1, 0.15) is 0 Å². The standard InChI is InChI=1S/C6H10F3N.2C2H6/c1-10-3-2-5(4-10)6(7,8)9;2*1-2/h5H,2-4H2,1H3;2*1-2H3. The van der Waals surface area contributed by atoms with Crippen molar-refractivity contribution in [2.24, 2.45) is 5.92 Å². The maximum Gasteiger partial charge on any atom is 0.393 e. The Hall–Kier alpha value is -0.250. The first-order valence-corrected chi connectivity index (χ1v) is 5.25. The molecule has 0 aromatic rings. The molecule has 1 fully saturated rings. The first-order chi connectivity index (χ1) is 6.50. The molecule has 1 atom stereocenters.